The van der Waals surface area contributed by atoms with Gasteiger partial charge in [-0.3, -0.25) is 0 Å². The fraction of sp³-hybridized carbons (Fsp3) is 0.412. The molecule has 4 rings (SSSR count). The summed E-state index contributed by atoms with van der Waals surface area (Å²) >= 11 is 0. The lowest BCUT2D eigenvalue weighted by atomic mass is 9.98. The summed E-state index contributed by atoms with van der Waals surface area (Å²) in [6.45, 7) is 1.18. The van der Waals surface area contributed by atoms with E-state index in [1.54, 1.807) is 10.4 Å². The molecular weight excluding hydrogens is 296 g/mol. The Morgan fingerprint density at radius 2 is 1.77 bits per heavy atom. The third-order valence-corrected chi connectivity index (χ3v) is 7.14. The van der Waals surface area contributed by atoms with Crippen LogP contribution < -0.4 is 5.73 Å². The summed E-state index contributed by atoms with van der Waals surface area (Å²) in [6.07, 6.45) is 2.07. The van der Waals surface area contributed by atoms with Crippen molar-refractivity contribution >= 4 is 20.8 Å². The molecule has 4 nitrogen and oxygen atoms in total. The normalized spacial score (nSPS) is 29.0. The van der Waals surface area contributed by atoms with Crippen molar-refractivity contribution in [2.45, 2.75) is 23.8 Å². The third-order valence-electron chi connectivity index (χ3n) is 5.25. The van der Waals surface area contributed by atoms with Crippen LogP contribution in [0.25, 0.3) is 10.8 Å². The standard InChI is InChI=1S/C17H20N2O2S/c18-16-9-8-13-10-19(11-15(13)16)22(20,21)17-7-3-5-12-4-1-2-6-14(12)17/h1-7,13,15-16H,8-11,18H2. The zero-order valence-electron chi connectivity index (χ0n) is 12.4. The van der Waals surface area contributed by atoms with E-state index in [0.29, 0.717) is 29.8 Å². The zero-order chi connectivity index (χ0) is 15.3. The first kappa shape index (κ1) is 14.2. The van der Waals surface area contributed by atoms with Crippen molar-refractivity contribution in [1.29, 1.82) is 0 Å². The van der Waals surface area contributed by atoms with Crippen LogP contribution in [0.5, 0.6) is 0 Å². The summed E-state index contributed by atoms with van der Waals surface area (Å²) in [5.41, 5.74) is 6.13. The quantitative estimate of drug-likeness (QED) is 0.924. The van der Waals surface area contributed by atoms with E-state index in [9.17, 15) is 8.42 Å². The Labute approximate surface area is 131 Å². The summed E-state index contributed by atoms with van der Waals surface area (Å²) in [7, 11) is -3.45. The van der Waals surface area contributed by atoms with Gasteiger partial charge in [0.05, 0.1) is 4.90 Å². The van der Waals surface area contributed by atoms with E-state index >= 15 is 0 Å². The molecule has 5 heteroatoms. The maximum atomic E-state index is 13.1. The SMILES string of the molecule is NC1CCC2CN(S(=O)(=O)c3cccc4ccccc34)CC12. The van der Waals surface area contributed by atoms with Gasteiger partial charge in [-0.2, -0.15) is 4.31 Å². The molecule has 2 aromatic carbocycles. The Morgan fingerprint density at radius 3 is 2.59 bits per heavy atom. The van der Waals surface area contributed by atoms with E-state index in [0.717, 1.165) is 23.6 Å². The third kappa shape index (κ3) is 2.07. The maximum absolute atomic E-state index is 13.1. The smallest absolute Gasteiger partial charge is 0.243 e. The minimum absolute atomic E-state index is 0.151. The van der Waals surface area contributed by atoms with E-state index in [1.807, 2.05) is 36.4 Å². The van der Waals surface area contributed by atoms with Crippen LogP contribution in [0.3, 0.4) is 0 Å². The first-order chi connectivity index (χ1) is 10.6. The molecule has 1 aliphatic heterocycles. The zero-order valence-corrected chi connectivity index (χ0v) is 13.2. The Kier molecular flexibility index (Phi) is 3.25. The van der Waals surface area contributed by atoms with Crippen LogP contribution in [0.1, 0.15) is 12.8 Å². The second kappa shape index (κ2) is 5.05. The molecule has 0 amide bonds. The van der Waals surface area contributed by atoms with Crippen LogP contribution in [-0.2, 0) is 10.0 Å². The van der Waals surface area contributed by atoms with Gasteiger partial charge in [-0.25, -0.2) is 8.42 Å². The largest absolute Gasteiger partial charge is 0.327 e. The molecule has 2 fully saturated rings. The van der Waals surface area contributed by atoms with Gasteiger partial charge in [0.25, 0.3) is 0 Å². The molecule has 116 valence electrons. The molecule has 1 saturated carbocycles. The van der Waals surface area contributed by atoms with Crippen molar-refractivity contribution in [3.05, 3.63) is 42.5 Å². The van der Waals surface area contributed by atoms with Crippen molar-refractivity contribution in [2.24, 2.45) is 17.6 Å². The van der Waals surface area contributed by atoms with Gasteiger partial charge in [-0.05, 0) is 36.1 Å². The molecule has 2 N–H and O–H groups in total. The van der Waals surface area contributed by atoms with Gasteiger partial charge in [-0.15, -0.1) is 0 Å². The first-order valence-electron chi connectivity index (χ1n) is 7.81. The van der Waals surface area contributed by atoms with E-state index in [2.05, 4.69) is 0 Å². The summed E-state index contributed by atoms with van der Waals surface area (Å²) < 4.78 is 27.8. The van der Waals surface area contributed by atoms with Crippen molar-refractivity contribution in [2.75, 3.05) is 13.1 Å². The highest BCUT2D eigenvalue weighted by atomic mass is 32.2. The van der Waals surface area contributed by atoms with Gasteiger partial charge in [0.2, 0.25) is 10.0 Å². The lowest BCUT2D eigenvalue weighted by Crippen LogP contribution is -2.33. The highest BCUT2D eigenvalue weighted by molar-refractivity contribution is 7.89. The number of fused-ring (bicyclic) bond motifs is 2. The topological polar surface area (TPSA) is 63.4 Å². The van der Waals surface area contributed by atoms with Gasteiger partial charge in [-0.1, -0.05) is 36.4 Å². The van der Waals surface area contributed by atoms with E-state index in [1.165, 1.54) is 0 Å². The molecule has 2 aromatic rings. The van der Waals surface area contributed by atoms with Crippen molar-refractivity contribution < 1.29 is 8.42 Å². The summed E-state index contributed by atoms with van der Waals surface area (Å²) in [5, 5.41) is 1.76. The first-order valence-corrected chi connectivity index (χ1v) is 9.25. The van der Waals surface area contributed by atoms with E-state index in [-0.39, 0.29) is 6.04 Å². The van der Waals surface area contributed by atoms with Gasteiger partial charge in [0.1, 0.15) is 0 Å². The summed E-state index contributed by atoms with van der Waals surface area (Å²) in [4.78, 5) is 0.416. The van der Waals surface area contributed by atoms with Crippen molar-refractivity contribution in [3.63, 3.8) is 0 Å². The van der Waals surface area contributed by atoms with Crippen LogP contribution >= 0.6 is 0 Å². The van der Waals surface area contributed by atoms with Crippen LogP contribution in [-0.4, -0.2) is 31.9 Å². The minimum atomic E-state index is -3.45. The fourth-order valence-electron chi connectivity index (χ4n) is 4.02. The Balaban J connectivity index is 1.75. The Hall–Kier alpha value is -1.43. The number of rotatable bonds is 2. The second-order valence-corrected chi connectivity index (χ2v) is 8.37. The number of hydrogen-bond donors (Lipinski definition) is 1. The second-order valence-electron chi connectivity index (χ2n) is 6.46. The van der Waals surface area contributed by atoms with Gasteiger partial charge in [0, 0.05) is 24.5 Å². The molecule has 0 aromatic heterocycles. The molecule has 1 saturated heterocycles. The molecule has 1 heterocycles. The lowest BCUT2D eigenvalue weighted by Gasteiger charge is -2.19. The Bertz CT molecular complexity index is 813. The number of hydrogen-bond acceptors (Lipinski definition) is 3. The van der Waals surface area contributed by atoms with E-state index in [4.69, 9.17) is 5.73 Å². The number of sulfonamides is 1. The summed E-state index contributed by atoms with van der Waals surface area (Å²) in [5.74, 6) is 0.754. The predicted molar refractivity (Wildman–Crippen MR) is 86.9 cm³/mol. The summed E-state index contributed by atoms with van der Waals surface area (Å²) in [6, 6.07) is 13.3. The number of benzene rings is 2. The number of nitrogens with two attached hydrogens (primary N) is 1. The molecule has 1 aliphatic carbocycles. The molecular formula is C17H20N2O2S. The minimum Gasteiger partial charge on any atom is -0.327 e. The number of nitrogens with zero attached hydrogens (tertiary/aromatic N) is 1. The van der Waals surface area contributed by atoms with Gasteiger partial charge >= 0.3 is 0 Å². The maximum Gasteiger partial charge on any atom is 0.243 e. The fourth-order valence-corrected chi connectivity index (χ4v) is 5.77. The van der Waals surface area contributed by atoms with Crippen LogP contribution in [0.4, 0.5) is 0 Å². The lowest BCUT2D eigenvalue weighted by molar-refractivity contribution is 0.427. The van der Waals surface area contributed by atoms with E-state index < -0.39 is 10.0 Å². The van der Waals surface area contributed by atoms with Crippen molar-refractivity contribution in [1.82, 2.24) is 4.31 Å². The highest BCUT2D eigenvalue weighted by Crippen LogP contribution is 2.40. The highest BCUT2D eigenvalue weighted by Gasteiger charge is 2.45. The van der Waals surface area contributed by atoms with Crippen LogP contribution in [0, 0.1) is 11.8 Å². The molecule has 0 radical (unpaired) electrons. The average Bonchev–Trinajstić information content (AvgIpc) is 3.10. The average molecular weight is 316 g/mol. The van der Waals surface area contributed by atoms with Gasteiger partial charge in [0.15, 0.2) is 0 Å². The van der Waals surface area contributed by atoms with Crippen LogP contribution in [0.2, 0.25) is 0 Å². The molecule has 0 spiro atoms. The molecule has 3 atom stereocenters. The monoisotopic (exact) mass is 316 g/mol. The Morgan fingerprint density at radius 1 is 1.00 bits per heavy atom. The molecule has 0 bridgehead atoms. The van der Waals surface area contributed by atoms with Gasteiger partial charge < -0.3 is 5.73 Å². The van der Waals surface area contributed by atoms with Crippen LogP contribution in [0.15, 0.2) is 47.4 Å². The molecule has 3 unspecified atom stereocenters. The molecule has 2 aliphatic rings. The predicted octanol–water partition coefficient (Wildman–Crippen LogP) is 2.20. The molecule has 22 heavy (non-hydrogen) atoms. The van der Waals surface area contributed by atoms with Crippen molar-refractivity contribution in [3.8, 4) is 0 Å².